The first-order valence-electron chi connectivity index (χ1n) is 9.40. The zero-order valence-corrected chi connectivity index (χ0v) is 15.2. The molecule has 142 valence electrons. The van der Waals surface area contributed by atoms with Gasteiger partial charge in [-0.05, 0) is 30.4 Å². The van der Waals surface area contributed by atoms with Crippen molar-refractivity contribution in [1.82, 2.24) is 9.80 Å². The Kier molecular flexibility index (Phi) is 5.94. The van der Waals surface area contributed by atoms with E-state index < -0.39 is 0 Å². The number of piperidine rings is 2. The number of hydrogen-bond donors (Lipinski definition) is 2. The monoisotopic (exact) mass is 360 g/mol. The van der Waals surface area contributed by atoms with Crippen molar-refractivity contribution in [3.63, 3.8) is 0 Å². The van der Waals surface area contributed by atoms with Crippen LogP contribution < -0.4 is 0 Å². The predicted octanol–water partition coefficient (Wildman–Crippen LogP) is 0.945. The molecule has 0 radical (unpaired) electrons. The van der Waals surface area contributed by atoms with Gasteiger partial charge in [-0.25, -0.2) is 0 Å². The summed E-state index contributed by atoms with van der Waals surface area (Å²) in [6, 6.07) is 7.48. The summed E-state index contributed by atoms with van der Waals surface area (Å²) in [6.45, 7) is 2.46. The van der Waals surface area contributed by atoms with E-state index in [-0.39, 0.29) is 30.4 Å². The Morgan fingerprint density at radius 2 is 1.81 bits per heavy atom. The molecule has 6 nitrogen and oxygen atoms in total. The molecular weight excluding hydrogens is 332 g/mol. The normalized spacial score (nSPS) is 23.5. The number of hydrogen-bond acceptors (Lipinski definition) is 4. The van der Waals surface area contributed by atoms with Crippen molar-refractivity contribution < 1.29 is 19.8 Å². The number of carbonyl (C=O) groups is 2. The fourth-order valence-corrected chi connectivity index (χ4v) is 4.23. The number of nitrogens with zero attached hydrogens (tertiary/aromatic N) is 2. The smallest absolute Gasteiger partial charge is 0.227 e. The van der Waals surface area contributed by atoms with Gasteiger partial charge in [0.1, 0.15) is 0 Å². The number of β-amino-alcohol motifs (C(OH)–C–C–N with tert-alkyl or cyclic N) is 1. The Labute approximate surface area is 154 Å². The first kappa shape index (κ1) is 18.9. The average Bonchev–Trinajstić information content (AvgIpc) is 2.66. The molecule has 1 atom stereocenters. The van der Waals surface area contributed by atoms with Gasteiger partial charge in [-0.2, -0.15) is 0 Å². The molecule has 6 heteroatoms. The average molecular weight is 360 g/mol. The zero-order valence-electron chi connectivity index (χ0n) is 15.2. The summed E-state index contributed by atoms with van der Waals surface area (Å²) in [7, 11) is 0. The van der Waals surface area contributed by atoms with Crippen LogP contribution in [-0.4, -0.2) is 64.6 Å². The van der Waals surface area contributed by atoms with Crippen LogP contribution in [0.15, 0.2) is 24.3 Å². The second-order valence-electron chi connectivity index (χ2n) is 7.61. The third-order valence-electron chi connectivity index (χ3n) is 5.69. The molecule has 2 saturated heterocycles. The van der Waals surface area contributed by atoms with Gasteiger partial charge in [-0.1, -0.05) is 24.3 Å². The van der Waals surface area contributed by atoms with Gasteiger partial charge in [0.05, 0.1) is 19.6 Å². The van der Waals surface area contributed by atoms with Crippen LogP contribution in [0, 0.1) is 5.41 Å². The highest BCUT2D eigenvalue weighted by Gasteiger charge is 2.42. The molecule has 1 spiro atoms. The molecule has 0 saturated carbocycles. The van der Waals surface area contributed by atoms with Gasteiger partial charge >= 0.3 is 0 Å². The molecule has 1 aromatic rings. The molecule has 0 aromatic heterocycles. The molecular formula is C20H28N2O4. The van der Waals surface area contributed by atoms with E-state index in [0.717, 1.165) is 36.9 Å². The summed E-state index contributed by atoms with van der Waals surface area (Å²) in [5.74, 6) is 0.225. The molecule has 2 aliphatic rings. The summed E-state index contributed by atoms with van der Waals surface area (Å²) >= 11 is 0. The Morgan fingerprint density at radius 3 is 2.50 bits per heavy atom. The van der Waals surface area contributed by atoms with Crippen LogP contribution in [0.5, 0.6) is 0 Å². The maximum atomic E-state index is 12.8. The number of carbonyl (C=O) groups excluding carboxylic acids is 2. The molecule has 2 aliphatic heterocycles. The summed E-state index contributed by atoms with van der Waals surface area (Å²) in [5.41, 5.74) is 1.76. The summed E-state index contributed by atoms with van der Waals surface area (Å²) in [5, 5.41) is 18.3. The Hall–Kier alpha value is -1.92. The maximum Gasteiger partial charge on any atom is 0.227 e. The topological polar surface area (TPSA) is 81.1 Å². The molecule has 2 heterocycles. The van der Waals surface area contributed by atoms with Crippen molar-refractivity contribution >= 4 is 11.8 Å². The number of aliphatic hydroxyl groups is 2. The zero-order chi connectivity index (χ0) is 18.6. The van der Waals surface area contributed by atoms with E-state index in [9.17, 15) is 14.7 Å². The van der Waals surface area contributed by atoms with E-state index in [4.69, 9.17) is 5.11 Å². The lowest BCUT2D eigenvalue weighted by Crippen LogP contribution is -2.55. The van der Waals surface area contributed by atoms with E-state index in [2.05, 4.69) is 0 Å². The summed E-state index contributed by atoms with van der Waals surface area (Å²) in [4.78, 5) is 28.5. The standard InChI is InChI=1S/C20H28N2O4/c23-11-10-22-15-20(8-6-18(22)25)7-1-9-21(14-20)19(26)12-16-2-4-17(13-24)5-3-16/h2-5,23-24H,1,6-15H2/t20-/m0/s1. The predicted molar refractivity (Wildman–Crippen MR) is 97.2 cm³/mol. The molecule has 2 fully saturated rings. The van der Waals surface area contributed by atoms with Gasteiger partial charge in [0.25, 0.3) is 0 Å². The molecule has 2 N–H and O–H groups in total. The number of benzene rings is 1. The number of likely N-dealkylation sites (tertiary alicyclic amines) is 2. The second-order valence-corrected chi connectivity index (χ2v) is 7.61. The third-order valence-corrected chi connectivity index (χ3v) is 5.69. The van der Waals surface area contributed by atoms with Crippen LogP contribution in [-0.2, 0) is 22.6 Å². The minimum atomic E-state index is -0.0300. The minimum Gasteiger partial charge on any atom is -0.395 e. The third kappa shape index (κ3) is 4.24. The highest BCUT2D eigenvalue weighted by molar-refractivity contribution is 5.79. The Morgan fingerprint density at radius 1 is 1.08 bits per heavy atom. The fourth-order valence-electron chi connectivity index (χ4n) is 4.23. The summed E-state index contributed by atoms with van der Waals surface area (Å²) in [6.07, 6.45) is 3.67. The number of rotatable bonds is 5. The molecule has 2 amide bonds. The van der Waals surface area contributed by atoms with Crippen molar-refractivity contribution in [1.29, 1.82) is 0 Å². The highest BCUT2D eigenvalue weighted by atomic mass is 16.3. The largest absolute Gasteiger partial charge is 0.395 e. The lowest BCUT2D eigenvalue weighted by Gasteiger charge is -2.48. The van der Waals surface area contributed by atoms with Gasteiger partial charge in [0, 0.05) is 38.0 Å². The van der Waals surface area contributed by atoms with Crippen LogP contribution >= 0.6 is 0 Å². The number of aliphatic hydroxyl groups excluding tert-OH is 2. The molecule has 0 bridgehead atoms. The molecule has 0 unspecified atom stereocenters. The first-order chi connectivity index (χ1) is 12.5. The SMILES string of the molecule is O=C1CC[C@]2(CCCN(C(=O)Cc3ccc(CO)cc3)C2)CN1CCO. The Bertz CT molecular complexity index is 646. The maximum absolute atomic E-state index is 12.8. The molecule has 0 aliphatic carbocycles. The van der Waals surface area contributed by atoms with Gasteiger partial charge < -0.3 is 20.0 Å². The summed E-state index contributed by atoms with van der Waals surface area (Å²) < 4.78 is 0. The van der Waals surface area contributed by atoms with Crippen LogP contribution in [0.1, 0.15) is 36.8 Å². The van der Waals surface area contributed by atoms with Gasteiger partial charge in [0.15, 0.2) is 0 Å². The molecule has 3 rings (SSSR count). The quantitative estimate of drug-likeness (QED) is 0.819. The van der Waals surface area contributed by atoms with E-state index in [1.54, 1.807) is 4.90 Å². The highest BCUT2D eigenvalue weighted by Crippen LogP contribution is 2.38. The van der Waals surface area contributed by atoms with Crippen molar-refractivity contribution in [3.8, 4) is 0 Å². The van der Waals surface area contributed by atoms with Crippen LogP contribution in [0.3, 0.4) is 0 Å². The van der Waals surface area contributed by atoms with E-state index >= 15 is 0 Å². The fraction of sp³-hybridized carbons (Fsp3) is 0.600. The second kappa shape index (κ2) is 8.18. The van der Waals surface area contributed by atoms with Gasteiger partial charge in [-0.3, -0.25) is 9.59 Å². The van der Waals surface area contributed by atoms with Crippen LogP contribution in [0.2, 0.25) is 0 Å². The van der Waals surface area contributed by atoms with Gasteiger partial charge in [0.2, 0.25) is 11.8 Å². The minimum absolute atomic E-state index is 0.00588. The van der Waals surface area contributed by atoms with E-state index in [0.29, 0.717) is 32.5 Å². The van der Waals surface area contributed by atoms with Crippen molar-refractivity contribution in [2.45, 2.75) is 38.7 Å². The Balaban J connectivity index is 1.63. The first-order valence-corrected chi connectivity index (χ1v) is 9.40. The van der Waals surface area contributed by atoms with E-state index in [1.807, 2.05) is 29.2 Å². The van der Waals surface area contributed by atoms with Crippen molar-refractivity contribution in [3.05, 3.63) is 35.4 Å². The van der Waals surface area contributed by atoms with E-state index in [1.165, 1.54) is 0 Å². The lowest BCUT2D eigenvalue weighted by molar-refractivity contribution is -0.143. The molecule has 1 aromatic carbocycles. The van der Waals surface area contributed by atoms with Crippen LogP contribution in [0.25, 0.3) is 0 Å². The number of amides is 2. The van der Waals surface area contributed by atoms with Crippen molar-refractivity contribution in [2.75, 3.05) is 32.8 Å². The van der Waals surface area contributed by atoms with Crippen LogP contribution in [0.4, 0.5) is 0 Å². The molecule has 26 heavy (non-hydrogen) atoms. The van der Waals surface area contributed by atoms with Crippen molar-refractivity contribution in [2.24, 2.45) is 5.41 Å². The van der Waals surface area contributed by atoms with Gasteiger partial charge in [-0.15, -0.1) is 0 Å². The lowest BCUT2D eigenvalue weighted by atomic mass is 9.73.